The maximum Gasteiger partial charge on any atom is 0.141 e. The Bertz CT molecular complexity index is 806. The smallest absolute Gasteiger partial charge is 0.141 e. The van der Waals surface area contributed by atoms with Gasteiger partial charge in [-0.1, -0.05) is 72.1 Å². The van der Waals surface area contributed by atoms with Crippen LogP contribution >= 0.6 is 0 Å². The minimum atomic E-state index is 0.331. The van der Waals surface area contributed by atoms with E-state index in [1.54, 1.807) is 0 Å². The van der Waals surface area contributed by atoms with E-state index in [-0.39, 0.29) is 0 Å². The topological polar surface area (TPSA) is 17.8 Å². The second-order valence-electron chi connectivity index (χ2n) is 8.67. The molecule has 2 nitrogen and oxygen atoms in total. The molecule has 1 aromatic carbocycles. The number of pyridine rings is 1. The van der Waals surface area contributed by atoms with Crippen LogP contribution < -0.4 is 0 Å². The Morgan fingerprint density at radius 2 is 1.77 bits per heavy atom. The van der Waals surface area contributed by atoms with E-state index in [9.17, 15) is 0 Å². The molecule has 0 aliphatic carbocycles. The molecule has 140 valence electrons. The molecule has 0 N–H and O–H groups in total. The van der Waals surface area contributed by atoms with Crippen LogP contribution in [0.2, 0.25) is 0 Å². The van der Waals surface area contributed by atoms with Gasteiger partial charge in [0.05, 0.1) is 5.52 Å². The van der Waals surface area contributed by atoms with E-state index in [1.165, 1.54) is 48.4 Å². The van der Waals surface area contributed by atoms with Crippen molar-refractivity contribution in [2.45, 2.75) is 72.8 Å². The van der Waals surface area contributed by atoms with Gasteiger partial charge in [-0.15, -0.1) is 0 Å². The van der Waals surface area contributed by atoms with Crippen molar-refractivity contribution in [2.24, 2.45) is 11.3 Å². The molecule has 2 heterocycles. The summed E-state index contributed by atoms with van der Waals surface area (Å²) < 4.78 is 2.56. The van der Waals surface area contributed by atoms with Crippen molar-refractivity contribution in [1.82, 2.24) is 9.55 Å². The summed E-state index contributed by atoms with van der Waals surface area (Å²) in [6.45, 7) is 11.9. The molecule has 2 heteroatoms. The molecule has 0 amide bonds. The van der Waals surface area contributed by atoms with E-state index in [0.29, 0.717) is 17.4 Å². The third kappa shape index (κ3) is 3.65. The van der Waals surface area contributed by atoms with Crippen LogP contribution in [0.15, 0.2) is 42.6 Å². The Kier molecular flexibility index (Phi) is 5.70. The largest absolute Gasteiger partial charge is 0.322 e. The summed E-state index contributed by atoms with van der Waals surface area (Å²) in [7, 11) is 0. The summed E-state index contributed by atoms with van der Waals surface area (Å²) in [5.74, 6) is 0.641. The molecule has 2 atom stereocenters. The van der Waals surface area contributed by atoms with Gasteiger partial charge in [-0.25, -0.2) is 4.98 Å². The molecule has 0 saturated heterocycles. The van der Waals surface area contributed by atoms with Crippen molar-refractivity contribution in [2.75, 3.05) is 0 Å². The molecule has 26 heavy (non-hydrogen) atoms. The standard InChI is InChI=1S/C24H34N2/c1-6-8-12-18(3)22(17-24(4,5)7-2)26-21-15-10-9-13-19(21)20-14-11-16-25-23(20)26/h9-11,13-16,18,22H,6-8,12,17H2,1-5H3. The van der Waals surface area contributed by atoms with Crippen molar-refractivity contribution in [3.63, 3.8) is 0 Å². The molecule has 0 fully saturated rings. The summed E-state index contributed by atoms with van der Waals surface area (Å²) >= 11 is 0. The van der Waals surface area contributed by atoms with Crippen LogP contribution in [-0.4, -0.2) is 9.55 Å². The van der Waals surface area contributed by atoms with Crippen molar-refractivity contribution in [1.29, 1.82) is 0 Å². The molecule has 2 unspecified atom stereocenters. The molecule has 0 aliphatic heterocycles. The highest BCUT2D eigenvalue weighted by molar-refractivity contribution is 6.06. The Labute approximate surface area is 158 Å². The Morgan fingerprint density at radius 3 is 2.50 bits per heavy atom. The van der Waals surface area contributed by atoms with Crippen molar-refractivity contribution in [3.05, 3.63) is 42.6 Å². The molecule has 0 bridgehead atoms. The fourth-order valence-corrected chi connectivity index (χ4v) is 4.14. The number of fused-ring (bicyclic) bond motifs is 3. The van der Waals surface area contributed by atoms with E-state index in [2.05, 4.69) is 75.6 Å². The Hall–Kier alpha value is -1.83. The second-order valence-corrected chi connectivity index (χ2v) is 8.67. The van der Waals surface area contributed by atoms with Gasteiger partial charge in [-0.05, 0) is 42.4 Å². The highest BCUT2D eigenvalue weighted by Gasteiger charge is 2.29. The van der Waals surface area contributed by atoms with Gasteiger partial charge in [0, 0.05) is 23.0 Å². The highest BCUT2D eigenvalue weighted by atomic mass is 15.1. The lowest BCUT2D eigenvalue weighted by Gasteiger charge is -2.34. The first-order chi connectivity index (χ1) is 12.5. The lowest BCUT2D eigenvalue weighted by atomic mass is 9.78. The van der Waals surface area contributed by atoms with E-state index in [4.69, 9.17) is 4.98 Å². The van der Waals surface area contributed by atoms with E-state index in [1.807, 2.05) is 6.20 Å². The first-order valence-corrected chi connectivity index (χ1v) is 10.3. The number of unbranched alkanes of at least 4 members (excludes halogenated alkanes) is 1. The van der Waals surface area contributed by atoms with Crippen LogP contribution in [0.4, 0.5) is 0 Å². The number of hydrogen-bond acceptors (Lipinski definition) is 1. The number of aromatic nitrogens is 2. The SMILES string of the molecule is CCCCC(C)C(CC(C)(C)CC)n1c2ccccc2c2cccnc21. The quantitative estimate of drug-likeness (QED) is 0.414. The van der Waals surface area contributed by atoms with Gasteiger partial charge in [-0.3, -0.25) is 0 Å². The number of hydrogen-bond donors (Lipinski definition) is 0. The molecule has 3 rings (SSSR count). The minimum Gasteiger partial charge on any atom is -0.322 e. The average molecular weight is 351 g/mol. The molecule has 3 aromatic rings. The monoisotopic (exact) mass is 350 g/mol. The predicted octanol–water partition coefficient (Wildman–Crippen LogP) is 7.38. The maximum atomic E-state index is 4.82. The number of rotatable bonds is 8. The summed E-state index contributed by atoms with van der Waals surface area (Å²) in [4.78, 5) is 4.82. The number of para-hydroxylation sites is 1. The van der Waals surface area contributed by atoms with Gasteiger partial charge in [0.15, 0.2) is 0 Å². The summed E-state index contributed by atoms with van der Waals surface area (Å²) in [6, 6.07) is 13.6. The number of benzene rings is 1. The van der Waals surface area contributed by atoms with Crippen molar-refractivity contribution >= 4 is 21.9 Å². The van der Waals surface area contributed by atoms with Gasteiger partial charge >= 0.3 is 0 Å². The zero-order valence-corrected chi connectivity index (χ0v) is 17.1. The van der Waals surface area contributed by atoms with Crippen LogP contribution in [-0.2, 0) is 0 Å². The van der Waals surface area contributed by atoms with Crippen LogP contribution in [0, 0.1) is 11.3 Å². The van der Waals surface area contributed by atoms with E-state index < -0.39 is 0 Å². The van der Waals surface area contributed by atoms with Crippen molar-refractivity contribution < 1.29 is 0 Å². The highest BCUT2D eigenvalue weighted by Crippen LogP contribution is 2.41. The molecule has 0 saturated carbocycles. The summed E-state index contributed by atoms with van der Waals surface area (Å²) in [5.41, 5.74) is 2.81. The van der Waals surface area contributed by atoms with Crippen LogP contribution in [0.5, 0.6) is 0 Å². The molecular formula is C24H34N2. The molecule has 0 radical (unpaired) electrons. The number of nitrogens with zero attached hydrogens (tertiary/aromatic N) is 2. The van der Waals surface area contributed by atoms with E-state index >= 15 is 0 Å². The fraction of sp³-hybridized carbons (Fsp3) is 0.542. The summed E-state index contributed by atoms with van der Waals surface area (Å²) in [6.07, 6.45) is 8.18. The van der Waals surface area contributed by atoms with Gasteiger partial charge in [-0.2, -0.15) is 0 Å². The van der Waals surface area contributed by atoms with Gasteiger partial charge < -0.3 is 4.57 Å². The molecule has 0 spiro atoms. The average Bonchev–Trinajstić information content (AvgIpc) is 2.99. The zero-order chi connectivity index (χ0) is 18.7. The molecule has 0 aliphatic rings. The van der Waals surface area contributed by atoms with Gasteiger partial charge in [0.2, 0.25) is 0 Å². The fourth-order valence-electron chi connectivity index (χ4n) is 4.14. The Balaban J connectivity index is 2.18. The lowest BCUT2D eigenvalue weighted by molar-refractivity contribution is 0.209. The molecular weight excluding hydrogens is 316 g/mol. The lowest BCUT2D eigenvalue weighted by Crippen LogP contribution is -2.24. The van der Waals surface area contributed by atoms with Gasteiger partial charge in [0.1, 0.15) is 5.65 Å². The first-order valence-electron chi connectivity index (χ1n) is 10.3. The zero-order valence-electron chi connectivity index (χ0n) is 17.1. The summed E-state index contributed by atoms with van der Waals surface area (Å²) in [5, 5.41) is 2.61. The first kappa shape index (κ1) is 18.9. The van der Waals surface area contributed by atoms with Crippen LogP contribution in [0.1, 0.15) is 72.8 Å². The van der Waals surface area contributed by atoms with Crippen LogP contribution in [0.3, 0.4) is 0 Å². The predicted molar refractivity (Wildman–Crippen MR) is 114 cm³/mol. The third-order valence-corrected chi connectivity index (χ3v) is 6.19. The van der Waals surface area contributed by atoms with Gasteiger partial charge in [0.25, 0.3) is 0 Å². The maximum absolute atomic E-state index is 4.82. The molecule has 2 aromatic heterocycles. The minimum absolute atomic E-state index is 0.331. The normalized spacial score (nSPS) is 14.8. The van der Waals surface area contributed by atoms with E-state index in [0.717, 1.165) is 5.65 Å². The van der Waals surface area contributed by atoms with Crippen LogP contribution in [0.25, 0.3) is 21.9 Å². The Morgan fingerprint density at radius 1 is 1.04 bits per heavy atom. The third-order valence-electron chi connectivity index (χ3n) is 6.19. The van der Waals surface area contributed by atoms with Crippen molar-refractivity contribution in [3.8, 4) is 0 Å². The second kappa shape index (κ2) is 7.82.